The number of anilines is 2. The monoisotopic (exact) mass is 365 g/mol. The number of nitrogens with one attached hydrogen (secondary N) is 2. The van der Waals surface area contributed by atoms with Crippen LogP contribution in [0, 0.1) is 10.1 Å². The van der Waals surface area contributed by atoms with Gasteiger partial charge in [0, 0.05) is 12.6 Å². The van der Waals surface area contributed by atoms with E-state index in [9.17, 15) is 23.3 Å². The third kappa shape index (κ3) is 4.44. The van der Waals surface area contributed by atoms with E-state index in [1.807, 2.05) is 0 Å². The van der Waals surface area contributed by atoms with Gasteiger partial charge in [0.25, 0.3) is 15.7 Å². The van der Waals surface area contributed by atoms with Crippen molar-refractivity contribution in [2.75, 3.05) is 17.1 Å². The van der Waals surface area contributed by atoms with E-state index in [4.69, 9.17) is 4.74 Å². The van der Waals surface area contributed by atoms with Crippen LogP contribution >= 0.6 is 0 Å². The van der Waals surface area contributed by atoms with Crippen molar-refractivity contribution in [1.29, 1.82) is 0 Å². The van der Waals surface area contributed by atoms with E-state index < -0.39 is 20.6 Å². The van der Waals surface area contributed by atoms with Gasteiger partial charge in [-0.3, -0.25) is 19.6 Å². The van der Waals surface area contributed by atoms with Crippen molar-refractivity contribution in [3.05, 3.63) is 52.6 Å². The first-order valence-corrected chi connectivity index (χ1v) is 8.44. The van der Waals surface area contributed by atoms with E-state index in [-0.39, 0.29) is 22.2 Å². The largest absolute Gasteiger partial charge is 0.496 e. The number of methoxy groups -OCH3 is 1. The highest BCUT2D eigenvalue weighted by atomic mass is 32.2. The normalized spacial score (nSPS) is 10.8. The van der Waals surface area contributed by atoms with Crippen molar-refractivity contribution in [3.63, 3.8) is 0 Å². The van der Waals surface area contributed by atoms with Gasteiger partial charge >= 0.3 is 0 Å². The molecule has 0 aromatic heterocycles. The maximum absolute atomic E-state index is 12.4. The van der Waals surface area contributed by atoms with Crippen LogP contribution in [0.15, 0.2) is 47.4 Å². The average molecular weight is 365 g/mol. The van der Waals surface area contributed by atoms with Gasteiger partial charge in [-0.1, -0.05) is 0 Å². The summed E-state index contributed by atoms with van der Waals surface area (Å²) in [5, 5.41) is 13.6. The van der Waals surface area contributed by atoms with E-state index in [1.54, 1.807) is 0 Å². The Morgan fingerprint density at radius 2 is 1.80 bits per heavy atom. The predicted octanol–water partition coefficient (Wildman–Crippen LogP) is 2.36. The van der Waals surface area contributed by atoms with Crippen molar-refractivity contribution in [2.24, 2.45) is 0 Å². The number of hydrogen-bond donors (Lipinski definition) is 2. The Bertz CT molecular complexity index is 909. The van der Waals surface area contributed by atoms with Crippen LogP contribution in [-0.2, 0) is 14.8 Å². The number of nitro groups is 1. The SMILES string of the molecule is COc1ccc(NS(=O)(=O)c2ccc(NC(C)=O)cc2)c([N+](=O)[O-])c1. The maximum Gasteiger partial charge on any atom is 0.297 e. The van der Waals surface area contributed by atoms with Gasteiger partial charge < -0.3 is 10.1 Å². The van der Waals surface area contributed by atoms with Gasteiger partial charge in [-0.25, -0.2) is 8.42 Å². The molecule has 0 unspecified atom stereocenters. The van der Waals surface area contributed by atoms with E-state index in [0.29, 0.717) is 5.69 Å². The van der Waals surface area contributed by atoms with Gasteiger partial charge in [0.05, 0.1) is 23.0 Å². The molecule has 0 bridgehead atoms. The molecular weight excluding hydrogens is 350 g/mol. The number of nitro benzene ring substituents is 1. The fraction of sp³-hybridized carbons (Fsp3) is 0.133. The molecule has 2 aromatic rings. The van der Waals surface area contributed by atoms with E-state index in [2.05, 4.69) is 10.0 Å². The van der Waals surface area contributed by atoms with Crippen molar-refractivity contribution >= 4 is 33.0 Å². The number of hydrogen-bond acceptors (Lipinski definition) is 6. The van der Waals surface area contributed by atoms with Crippen molar-refractivity contribution in [2.45, 2.75) is 11.8 Å². The summed E-state index contributed by atoms with van der Waals surface area (Å²) in [7, 11) is -2.70. The molecule has 2 N–H and O–H groups in total. The summed E-state index contributed by atoms with van der Waals surface area (Å²) in [6, 6.07) is 9.17. The summed E-state index contributed by atoms with van der Waals surface area (Å²) in [6.07, 6.45) is 0. The predicted molar refractivity (Wildman–Crippen MR) is 91.2 cm³/mol. The smallest absolute Gasteiger partial charge is 0.297 e. The number of ether oxygens (including phenoxy) is 1. The summed E-state index contributed by atoms with van der Waals surface area (Å²) in [6.45, 7) is 1.33. The number of benzene rings is 2. The van der Waals surface area contributed by atoms with Crippen molar-refractivity contribution in [3.8, 4) is 5.75 Å². The zero-order valence-electron chi connectivity index (χ0n) is 13.3. The van der Waals surface area contributed by atoms with Crippen molar-refractivity contribution in [1.82, 2.24) is 0 Å². The zero-order chi connectivity index (χ0) is 18.6. The summed E-state index contributed by atoms with van der Waals surface area (Å²) in [5.41, 5.74) is -0.184. The van der Waals surface area contributed by atoms with E-state index in [0.717, 1.165) is 6.07 Å². The third-order valence-electron chi connectivity index (χ3n) is 3.13. The third-order valence-corrected chi connectivity index (χ3v) is 4.51. The van der Waals surface area contributed by atoms with Crippen LogP contribution in [0.3, 0.4) is 0 Å². The van der Waals surface area contributed by atoms with Gasteiger partial charge in [0.1, 0.15) is 11.4 Å². The first-order valence-electron chi connectivity index (χ1n) is 6.96. The molecule has 0 saturated heterocycles. The molecule has 9 nitrogen and oxygen atoms in total. The Labute approximate surface area is 143 Å². The molecule has 0 saturated carbocycles. The minimum Gasteiger partial charge on any atom is -0.496 e. The molecular formula is C15H15N3O6S. The van der Waals surface area contributed by atoms with E-state index >= 15 is 0 Å². The van der Waals surface area contributed by atoms with Crippen LogP contribution in [-0.4, -0.2) is 26.4 Å². The van der Waals surface area contributed by atoms with Gasteiger partial charge in [-0.15, -0.1) is 0 Å². The standard InChI is InChI=1S/C15H15N3O6S/c1-10(19)16-11-3-6-13(7-4-11)25(22,23)17-14-8-5-12(24-2)9-15(14)18(20)21/h3-9,17H,1-2H3,(H,16,19). The number of carbonyl (C=O) groups excluding carboxylic acids is 1. The van der Waals surface area contributed by atoms with Gasteiger partial charge in [0.2, 0.25) is 5.91 Å². The highest BCUT2D eigenvalue weighted by molar-refractivity contribution is 7.92. The molecule has 2 rings (SSSR count). The molecule has 0 aliphatic carbocycles. The fourth-order valence-corrected chi connectivity index (χ4v) is 3.07. The van der Waals surface area contributed by atoms with Crippen LogP contribution in [0.1, 0.15) is 6.92 Å². The Hall–Kier alpha value is -3.14. The number of sulfonamides is 1. The number of amides is 1. The highest BCUT2D eigenvalue weighted by Gasteiger charge is 2.21. The second-order valence-corrected chi connectivity index (χ2v) is 6.63. The fourth-order valence-electron chi connectivity index (χ4n) is 2.00. The topological polar surface area (TPSA) is 128 Å². The Morgan fingerprint density at radius 1 is 1.16 bits per heavy atom. The first kappa shape index (κ1) is 18.2. The molecule has 0 radical (unpaired) electrons. The van der Waals surface area contributed by atoms with Crippen LogP contribution < -0.4 is 14.8 Å². The molecule has 0 heterocycles. The molecule has 132 valence electrons. The van der Waals surface area contributed by atoms with Crippen LogP contribution in [0.5, 0.6) is 5.75 Å². The molecule has 0 spiro atoms. The molecule has 0 atom stereocenters. The van der Waals surface area contributed by atoms with Gasteiger partial charge in [-0.2, -0.15) is 0 Å². The molecule has 0 fully saturated rings. The molecule has 25 heavy (non-hydrogen) atoms. The highest BCUT2D eigenvalue weighted by Crippen LogP contribution is 2.30. The average Bonchev–Trinajstić information content (AvgIpc) is 2.54. The van der Waals surface area contributed by atoms with Crippen LogP contribution in [0.4, 0.5) is 17.1 Å². The molecule has 2 aromatic carbocycles. The van der Waals surface area contributed by atoms with Gasteiger partial charge in [-0.05, 0) is 36.4 Å². The lowest BCUT2D eigenvalue weighted by molar-refractivity contribution is -0.384. The first-order chi connectivity index (χ1) is 11.7. The van der Waals surface area contributed by atoms with E-state index in [1.165, 1.54) is 50.4 Å². The molecule has 0 aliphatic heterocycles. The number of nitrogens with zero attached hydrogens (tertiary/aromatic N) is 1. The summed E-state index contributed by atoms with van der Waals surface area (Å²) in [5.74, 6) is -0.0584. The van der Waals surface area contributed by atoms with Gasteiger partial charge in [0.15, 0.2) is 0 Å². The summed E-state index contributed by atoms with van der Waals surface area (Å²) in [4.78, 5) is 21.3. The second kappa shape index (κ2) is 7.18. The summed E-state index contributed by atoms with van der Waals surface area (Å²) >= 11 is 0. The zero-order valence-corrected chi connectivity index (χ0v) is 14.2. The minimum atomic E-state index is -4.04. The maximum atomic E-state index is 12.4. The quantitative estimate of drug-likeness (QED) is 0.597. The minimum absolute atomic E-state index is 0.105. The number of rotatable bonds is 6. The lowest BCUT2D eigenvalue weighted by Crippen LogP contribution is -2.14. The molecule has 10 heteroatoms. The lowest BCUT2D eigenvalue weighted by Gasteiger charge is -2.10. The lowest BCUT2D eigenvalue weighted by atomic mass is 10.2. The van der Waals surface area contributed by atoms with Crippen LogP contribution in [0.2, 0.25) is 0 Å². The number of carbonyl (C=O) groups is 1. The van der Waals surface area contributed by atoms with Crippen molar-refractivity contribution < 1.29 is 22.9 Å². The Kier molecular flexibility index (Phi) is 5.22. The summed E-state index contributed by atoms with van der Waals surface area (Å²) < 4.78 is 31.9. The van der Waals surface area contributed by atoms with Crippen LogP contribution in [0.25, 0.3) is 0 Å². The molecule has 1 amide bonds. The second-order valence-electron chi connectivity index (χ2n) is 4.95. The Morgan fingerprint density at radius 3 is 2.32 bits per heavy atom. The molecule has 0 aliphatic rings. The Balaban J connectivity index is 2.32.